The lowest BCUT2D eigenvalue weighted by atomic mass is 10.0. The number of nitrogens with zero attached hydrogens (tertiary/aromatic N) is 2. The summed E-state index contributed by atoms with van der Waals surface area (Å²) in [6, 6.07) is 1.18. The molecular formula is C13H23N3O4. The quantitative estimate of drug-likeness (QED) is 0.659. The third kappa shape index (κ3) is 7.59. The second-order valence-electron chi connectivity index (χ2n) is 4.79. The van der Waals surface area contributed by atoms with Gasteiger partial charge in [0.1, 0.15) is 0 Å². The van der Waals surface area contributed by atoms with Crippen LogP contribution >= 0.6 is 0 Å². The summed E-state index contributed by atoms with van der Waals surface area (Å²) in [4.78, 5) is 24.4. The van der Waals surface area contributed by atoms with Crippen molar-refractivity contribution in [3.8, 4) is 6.07 Å². The van der Waals surface area contributed by atoms with E-state index < -0.39 is 12.0 Å². The summed E-state index contributed by atoms with van der Waals surface area (Å²) in [6.45, 7) is 4.72. The van der Waals surface area contributed by atoms with E-state index in [1.165, 1.54) is 12.0 Å². The first-order valence-corrected chi connectivity index (χ1v) is 6.55. The zero-order valence-electron chi connectivity index (χ0n) is 12.3. The fourth-order valence-corrected chi connectivity index (χ4v) is 1.59. The molecule has 0 saturated heterocycles. The molecule has 0 saturated carbocycles. The average Bonchev–Trinajstić information content (AvgIpc) is 2.37. The van der Waals surface area contributed by atoms with Gasteiger partial charge in [0.05, 0.1) is 25.5 Å². The molecule has 1 unspecified atom stereocenters. The van der Waals surface area contributed by atoms with Gasteiger partial charge in [0.15, 0.2) is 0 Å². The van der Waals surface area contributed by atoms with Crippen LogP contribution in [0.3, 0.4) is 0 Å². The number of amides is 2. The van der Waals surface area contributed by atoms with E-state index in [2.05, 4.69) is 5.32 Å². The maximum atomic E-state index is 12.1. The molecule has 0 spiro atoms. The highest BCUT2D eigenvalue weighted by atomic mass is 16.5. The molecule has 0 fully saturated rings. The van der Waals surface area contributed by atoms with E-state index >= 15 is 0 Å². The van der Waals surface area contributed by atoms with E-state index in [0.29, 0.717) is 19.7 Å². The second-order valence-corrected chi connectivity index (χ2v) is 4.79. The molecule has 0 aromatic rings. The van der Waals surface area contributed by atoms with Crippen molar-refractivity contribution in [1.29, 1.82) is 5.26 Å². The Morgan fingerprint density at radius 1 is 1.40 bits per heavy atom. The molecule has 1 atom stereocenters. The Morgan fingerprint density at radius 2 is 2.05 bits per heavy atom. The number of urea groups is 1. The molecule has 0 rings (SSSR count). The number of carbonyl (C=O) groups is 2. The van der Waals surface area contributed by atoms with Crippen LogP contribution < -0.4 is 5.32 Å². The van der Waals surface area contributed by atoms with Gasteiger partial charge in [-0.05, 0) is 5.92 Å². The first kappa shape index (κ1) is 18.2. The van der Waals surface area contributed by atoms with Crippen LogP contribution in [0.4, 0.5) is 4.79 Å². The molecule has 0 aliphatic rings. The first-order valence-electron chi connectivity index (χ1n) is 6.55. The molecule has 0 radical (unpaired) electrons. The molecule has 0 aromatic heterocycles. The zero-order valence-corrected chi connectivity index (χ0v) is 12.3. The summed E-state index contributed by atoms with van der Waals surface area (Å²) < 4.78 is 4.92. The van der Waals surface area contributed by atoms with E-state index in [1.807, 2.05) is 19.9 Å². The standard InChI is InChI=1S/C13H23N3O4/c1-10(2)11(9-12(17)18)15-13(19)16(6-4-5-14)7-8-20-3/h10-11H,4,6-9H2,1-3H3,(H,15,19)(H,17,18). The Kier molecular flexibility index (Phi) is 9.13. The second kappa shape index (κ2) is 10.0. The van der Waals surface area contributed by atoms with Crippen molar-refractivity contribution < 1.29 is 19.4 Å². The molecule has 0 aromatic carbocycles. The van der Waals surface area contributed by atoms with Crippen LogP contribution in [0.5, 0.6) is 0 Å². The molecule has 0 aliphatic heterocycles. The molecule has 2 N–H and O–H groups in total. The third-order valence-electron chi connectivity index (χ3n) is 2.85. The number of rotatable bonds is 9. The van der Waals surface area contributed by atoms with Gasteiger partial charge in [-0.1, -0.05) is 13.8 Å². The zero-order chi connectivity index (χ0) is 15.5. The van der Waals surface area contributed by atoms with E-state index in [9.17, 15) is 9.59 Å². The normalized spacial score (nSPS) is 11.8. The van der Waals surface area contributed by atoms with Gasteiger partial charge in [-0.25, -0.2) is 4.79 Å². The Hall–Kier alpha value is -1.81. The first-order chi connectivity index (χ1) is 9.42. The molecule has 7 nitrogen and oxygen atoms in total. The van der Waals surface area contributed by atoms with Crippen molar-refractivity contribution in [2.75, 3.05) is 26.8 Å². The minimum Gasteiger partial charge on any atom is -0.481 e. The average molecular weight is 285 g/mol. The van der Waals surface area contributed by atoms with Gasteiger partial charge in [-0.3, -0.25) is 4.79 Å². The predicted octanol–water partition coefficient (Wildman–Crippen LogP) is 1.06. The Bertz CT molecular complexity index is 352. The maximum Gasteiger partial charge on any atom is 0.317 e. The summed E-state index contributed by atoms with van der Waals surface area (Å²) in [5, 5.41) is 20.1. The van der Waals surface area contributed by atoms with Gasteiger partial charge in [0.2, 0.25) is 0 Å². The van der Waals surface area contributed by atoms with Crippen molar-refractivity contribution in [2.24, 2.45) is 5.92 Å². The number of carboxylic acids is 1. The largest absolute Gasteiger partial charge is 0.481 e. The minimum absolute atomic E-state index is 0.00953. The predicted molar refractivity (Wildman–Crippen MR) is 73.1 cm³/mol. The van der Waals surface area contributed by atoms with Crippen molar-refractivity contribution in [1.82, 2.24) is 10.2 Å². The topological polar surface area (TPSA) is 103 Å². The molecule has 7 heteroatoms. The third-order valence-corrected chi connectivity index (χ3v) is 2.85. The number of carboxylic acid groups (broad SMARTS) is 1. The Balaban J connectivity index is 4.60. The fourth-order valence-electron chi connectivity index (χ4n) is 1.59. The Labute approximate surface area is 119 Å². The maximum absolute atomic E-state index is 12.1. The van der Waals surface area contributed by atoms with Gasteiger partial charge in [-0.15, -0.1) is 0 Å². The van der Waals surface area contributed by atoms with Crippen LogP contribution in [0, 0.1) is 17.2 Å². The lowest BCUT2D eigenvalue weighted by molar-refractivity contribution is -0.137. The van der Waals surface area contributed by atoms with Crippen molar-refractivity contribution >= 4 is 12.0 Å². The van der Waals surface area contributed by atoms with Crippen LogP contribution in [0.2, 0.25) is 0 Å². The number of hydrogen-bond acceptors (Lipinski definition) is 4. The van der Waals surface area contributed by atoms with E-state index in [1.54, 1.807) is 0 Å². The smallest absolute Gasteiger partial charge is 0.317 e. The number of carbonyl (C=O) groups excluding carboxylic acids is 1. The number of methoxy groups -OCH3 is 1. The summed E-state index contributed by atoms with van der Waals surface area (Å²) in [5.41, 5.74) is 0. The van der Waals surface area contributed by atoms with Gasteiger partial charge in [0.25, 0.3) is 0 Å². The summed E-state index contributed by atoms with van der Waals surface area (Å²) in [5.74, 6) is -0.945. The van der Waals surface area contributed by atoms with E-state index in [0.717, 1.165) is 0 Å². The van der Waals surface area contributed by atoms with Gasteiger partial charge >= 0.3 is 12.0 Å². The van der Waals surface area contributed by atoms with E-state index in [-0.39, 0.29) is 24.8 Å². The molecule has 114 valence electrons. The van der Waals surface area contributed by atoms with Crippen molar-refractivity contribution in [3.05, 3.63) is 0 Å². The Morgan fingerprint density at radius 3 is 2.50 bits per heavy atom. The van der Waals surface area contributed by atoms with Gasteiger partial charge in [-0.2, -0.15) is 5.26 Å². The van der Waals surface area contributed by atoms with Crippen molar-refractivity contribution in [3.63, 3.8) is 0 Å². The highest BCUT2D eigenvalue weighted by molar-refractivity contribution is 5.76. The number of ether oxygens (including phenoxy) is 1. The molecule has 0 aliphatic carbocycles. The lowest BCUT2D eigenvalue weighted by Crippen LogP contribution is -2.48. The minimum atomic E-state index is -0.954. The number of nitrogens with one attached hydrogen (secondary N) is 1. The van der Waals surface area contributed by atoms with Gasteiger partial charge in [0, 0.05) is 26.2 Å². The lowest BCUT2D eigenvalue weighted by Gasteiger charge is -2.27. The SMILES string of the molecule is COCCN(CCC#N)C(=O)NC(CC(=O)O)C(C)C. The summed E-state index contributed by atoms with van der Waals surface area (Å²) in [6.07, 6.45) is 0.0994. The number of hydrogen-bond donors (Lipinski definition) is 2. The van der Waals surface area contributed by atoms with E-state index in [4.69, 9.17) is 15.1 Å². The van der Waals surface area contributed by atoms with Crippen LogP contribution in [0.15, 0.2) is 0 Å². The molecule has 0 bridgehead atoms. The highest BCUT2D eigenvalue weighted by Crippen LogP contribution is 2.07. The number of nitriles is 1. The molecular weight excluding hydrogens is 262 g/mol. The van der Waals surface area contributed by atoms with Crippen LogP contribution in [-0.4, -0.2) is 54.9 Å². The van der Waals surface area contributed by atoms with Crippen LogP contribution in [-0.2, 0) is 9.53 Å². The van der Waals surface area contributed by atoms with Gasteiger partial charge < -0.3 is 20.1 Å². The summed E-state index contributed by atoms with van der Waals surface area (Å²) in [7, 11) is 1.53. The van der Waals surface area contributed by atoms with Crippen LogP contribution in [0.1, 0.15) is 26.7 Å². The summed E-state index contributed by atoms with van der Waals surface area (Å²) >= 11 is 0. The molecule has 2 amide bonds. The highest BCUT2D eigenvalue weighted by Gasteiger charge is 2.22. The monoisotopic (exact) mass is 285 g/mol. The fraction of sp³-hybridized carbons (Fsp3) is 0.769. The van der Waals surface area contributed by atoms with Crippen molar-refractivity contribution in [2.45, 2.75) is 32.7 Å². The number of aliphatic carboxylic acids is 1. The van der Waals surface area contributed by atoms with Crippen LogP contribution in [0.25, 0.3) is 0 Å². The molecule has 20 heavy (non-hydrogen) atoms. The molecule has 0 heterocycles.